The summed E-state index contributed by atoms with van der Waals surface area (Å²) < 4.78 is 11.2. The number of nitrogens with two attached hydrogens (primary N) is 1. The van der Waals surface area contributed by atoms with E-state index in [2.05, 4.69) is 6.58 Å². The second kappa shape index (κ2) is 7.12. The predicted molar refractivity (Wildman–Crippen MR) is 65.8 cm³/mol. The molecule has 16 heavy (non-hydrogen) atoms. The highest BCUT2D eigenvalue weighted by atomic mass is 16.5. The van der Waals surface area contributed by atoms with Gasteiger partial charge in [-0.05, 0) is 44.4 Å². The molecule has 0 aromatic heterocycles. The summed E-state index contributed by atoms with van der Waals surface area (Å²) in [5.74, 6) is 0.806. The molecule has 1 aliphatic rings. The summed E-state index contributed by atoms with van der Waals surface area (Å²) in [6.45, 7) is 6.99. The van der Waals surface area contributed by atoms with E-state index < -0.39 is 0 Å². The summed E-state index contributed by atoms with van der Waals surface area (Å²) in [5.41, 5.74) is 5.97. The molecule has 1 saturated heterocycles. The molecule has 1 aliphatic heterocycles. The van der Waals surface area contributed by atoms with Gasteiger partial charge in [-0.1, -0.05) is 6.58 Å². The highest BCUT2D eigenvalue weighted by molar-refractivity contribution is 5.20. The van der Waals surface area contributed by atoms with E-state index in [0.29, 0.717) is 12.3 Å². The summed E-state index contributed by atoms with van der Waals surface area (Å²) in [4.78, 5) is 0. The van der Waals surface area contributed by atoms with Gasteiger partial charge in [0.2, 0.25) is 0 Å². The van der Waals surface area contributed by atoms with Gasteiger partial charge in [-0.15, -0.1) is 0 Å². The van der Waals surface area contributed by atoms with Crippen LogP contribution in [0.25, 0.3) is 0 Å². The summed E-state index contributed by atoms with van der Waals surface area (Å²) in [6.07, 6.45) is 9.18. The highest BCUT2D eigenvalue weighted by Gasteiger charge is 2.14. The lowest BCUT2D eigenvalue weighted by molar-refractivity contribution is -0.0242. The van der Waals surface area contributed by atoms with Crippen LogP contribution in [0.3, 0.4) is 0 Å². The molecule has 0 aliphatic carbocycles. The van der Waals surface area contributed by atoms with Crippen LogP contribution >= 0.6 is 0 Å². The molecule has 2 N–H and O–H groups in total. The van der Waals surface area contributed by atoms with Gasteiger partial charge in [0.15, 0.2) is 0 Å². The fourth-order valence-electron chi connectivity index (χ4n) is 1.54. The SMILES string of the molecule is C=C(N)/C=C\C(=C/C)OCC1CCCCO1. The van der Waals surface area contributed by atoms with Crippen molar-refractivity contribution in [3.63, 3.8) is 0 Å². The molecule has 0 spiro atoms. The Balaban J connectivity index is 2.30. The molecular weight excluding hydrogens is 202 g/mol. The van der Waals surface area contributed by atoms with Crippen LogP contribution < -0.4 is 5.73 Å². The van der Waals surface area contributed by atoms with E-state index in [9.17, 15) is 0 Å². The van der Waals surface area contributed by atoms with Crippen LogP contribution in [0.15, 0.2) is 36.3 Å². The molecule has 1 heterocycles. The van der Waals surface area contributed by atoms with Gasteiger partial charge in [-0.2, -0.15) is 0 Å². The molecule has 0 saturated carbocycles. The maximum absolute atomic E-state index is 5.63. The quantitative estimate of drug-likeness (QED) is 0.575. The minimum Gasteiger partial charge on any atom is -0.491 e. The van der Waals surface area contributed by atoms with E-state index in [4.69, 9.17) is 15.2 Å². The average Bonchev–Trinajstić information content (AvgIpc) is 2.30. The molecule has 90 valence electrons. The molecule has 0 aromatic carbocycles. The van der Waals surface area contributed by atoms with Gasteiger partial charge in [-0.3, -0.25) is 0 Å². The normalized spacial score (nSPS) is 22.3. The molecule has 1 atom stereocenters. The Hall–Kier alpha value is -1.22. The van der Waals surface area contributed by atoms with Crippen LogP contribution in [0.1, 0.15) is 26.2 Å². The third kappa shape index (κ3) is 5.03. The van der Waals surface area contributed by atoms with Gasteiger partial charge in [-0.25, -0.2) is 0 Å². The van der Waals surface area contributed by atoms with Gasteiger partial charge in [0.25, 0.3) is 0 Å². The van der Waals surface area contributed by atoms with Crippen molar-refractivity contribution in [1.29, 1.82) is 0 Å². The average molecular weight is 223 g/mol. The smallest absolute Gasteiger partial charge is 0.115 e. The van der Waals surface area contributed by atoms with Crippen molar-refractivity contribution >= 4 is 0 Å². The van der Waals surface area contributed by atoms with Crippen molar-refractivity contribution in [2.45, 2.75) is 32.3 Å². The standard InChI is InChI=1S/C13H21NO2/c1-3-12(8-7-11(2)14)16-10-13-6-4-5-9-15-13/h3,7-8,13H,2,4-6,9-10,14H2,1H3/b8-7-,12-3+. The van der Waals surface area contributed by atoms with Crippen molar-refractivity contribution in [2.75, 3.05) is 13.2 Å². The summed E-state index contributed by atoms with van der Waals surface area (Å²) >= 11 is 0. The molecule has 0 radical (unpaired) electrons. The Kier molecular flexibility index (Phi) is 5.72. The fraction of sp³-hybridized carbons (Fsp3) is 0.538. The first-order valence-electron chi connectivity index (χ1n) is 5.75. The molecular formula is C13H21NO2. The largest absolute Gasteiger partial charge is 0.491 e. The lowest BCUT2D eigenvalue weighted by Gasteiger charge is -2.22. The van der Waals surface area contributed by atoms with Crippen LogP contribution in [0, 0.1) is 0 Å². The van der Waals surface area contributed by atoms with Crippen molar-refractivity contribution < 1.29 is 9.47 Å². The first-order valence-corrected chi connectivity index (χ1v) is 5.75. The van der Waals surface area contributed by atoms with Gasteiger partial charge >= 0.3 is 0 Å². The van der Waals surface area contributed by atoms with E-state index in [1.54, 1.807) is 6.08 Å². The number of ether oxygens (including phenoxy) is 2. The monoisotopic (exact) mass is 223 g/mol. The Labute approximate surface area is 97.6 Å². The highest BCUT2D eigenvalue weighted by Crippen LogP contribution is 2.14. The first-order chi connectivity index (χ1) is 7.72. The Morgan fingerprint density at radius 1 is 1.50 bits per heavy atom. The number of hydrogen-bond acceptors (Lipinski definition) is 3. The first kappa shape index (κ1) is 12.8. The summed E-state index contributed by atoms with van der Waals surface area (Å²) in [6, 6.07) is 0. The maximum Gasteiger partial charge on any atom is 0.115 e. The molecule has 3 nitrogen and oxygen atoms in total. The molecule has 0 aromatic rings. The molecule has 3 heteroatoms. The number of allylic oxidation sites excluding steroid dienone is 3. The lowest BCUT2D eigenvalue weighted by atomic mass is 10.1. The Morgan fingerprint density at radius 2 is 2.31 bits per heavy atom. The molecule has 1 rings (SSSR count). The summed E-state index contributed by atoms with van der Waals surface area (Å²) in [7, 11) is 0. The zero-order valence-electron chi connectivity index (χ0n) is 9.95. The maximum atomic E-state index is 5.63. The van der Waals surface area contributed by atoms with Gasteiger partial charge in [0.1, 0.15) is 12.4 Å². The van der Waals surface area contributed by atoms with Crippen molar-refractivity contribution in [2.24, 2.45) is 5.73 Å². The van der Waals surface area contributed by atoms with Gasteiger partial charge < -0.3 is 15.2 Å². The number of hydrogen-bond donors (Lipinski definition) is 1. The molecule has 0 amide bonds. The molecule has 0 bridgehead atoms. The van der Waals surface area contributed by atoms with E-state index in [0.717, 1.165) is 18.8 Å². The van der Waals surface area contributed by atoms with Gasteiger partial charge in [0.05, 0.1) is 6.10 Å². The van der Waals surface area contributed by atoms with Crippen LogP contribution in [-0.2, 0) is 9.47 Å². The van der Waals surface area contributed by atoms with Crippen molar-refractivity contribution in [3.8, 4) is 0 Å². The van der Waals surface area contributed by atoms with E-state index in [1.165, 1.54) is 12.8 Å². The minimum atomic E-state index is 0.234. The fourth-order valence-corrected chi connectivity index (χ4v) is 1.54. The van der Waals surface area contributed by atoms with Gasteiger partial charge in [0, 0.05) is 12.3 Å². The zero-order valence-corrected chi connectivity index (χ0v) is 9.95. The third-order valence-electron chi connectivity index (χ3n) is 2.46. The Bertz CT molecular complexity index is 276. The van der Waals surface area contributed by atoms with E-state index >= 15 is 0 Å². The van der Waals surface area contributed by atoms with Crippen LogP contribution in [0.2, 0.25) is 0 Å². The zero-order chi connectivity index (χ0) is 11.8. The Morgan fingerprint density at radius 3 is 2.88 bits per heavy atom. The van der Waals surface area contributed by atoms with Crippen LogP contribution in [-0.4, -0.2) is 19.3 Å². The third-order valence-corrected chi connectivity index (χ3v) is 2.46. The topological polar surface area (TPSA) is 44.5 Å². The lowest BCUT2D eigenvalue weighted by Crippen LogP contribution is -2.24. The van der Waals surface area contributed by atoms with Crippen LogP contribution in [0.5, 0.6) is 0 Å². The summed E-state index contributed by atoms with van der Waals surface area (Å²) in [5, 5.41) is 0. The van der Waals surface area contributed by atoms with Crippen LogP contribution in [0.4, 0.5) is 0 Å². The number of rotatable bonds is 5. The molecule has 1 unspecified atom stereocenters. The van der Waals surface area contributed by atoms with E-state index in [-0.39, 0.29) is 6.10 Å². The molecule has 1 fully saturated rings. The van der Waals surface area contributed by atoms with E-state index in [1.807, 2.05) is 19.1 Å². The van der Waals surface area contributed by atoms with Crippen molar-refractivity contribution in [3.05, 3.63) is 36.3 Å². The van der Waals surface area contributed by atoms with Crippen molar-refractivity contribution in [1.82, 2.24) is 0 Å². The second-order valence-corrected chi connectivity index (χ2v) is 3.90. The minimum absolute atomic E-state index is 0.234. The second-order valence-electron chi connectivity index (χ2n) is 3.90. The predicted octanol–water partition coefficient (Wildman–Crippen LogP) is 2.50.